The second-order valence-electron chi connectivity index (χ2n) is 6.40. The first-order valence-electron chi connectivity index (χ1n) is 7.72. The van der Waals surface area contributed by atoms with Gasteiger partial charge in [-0.25, -0.2) is 0 Å². The summed E-state index contributed by atoms with van der Waals surface area (Å²) in [4.78, 5) is 0. The molecule has 0 amide bonds. The molecule has 1 aliphatic carbocycles. The van der Waals surface area contributed by atoms with Gasteiger partial charge in [-0.05, 0) is 67.1 Å². The quantitative estimate of drug-likeness (QED) is 0.630. The van der Waals surface area contributed by atoms with Crippen molar-refractivity contribution in [2.75, 3.05) is 0 Å². The highest BCUT2D eigenvalue weighted by molar-refractivity contribution is 5.34. The van der Waals surface area contributed by atoms with Gasteiger partial charge in [-0.1, -0.05) is 45.4 Å². The Bertz CT molecular complexity index is 381. The highest BCUT2D eigenvalue weighted by atomic mass is 14.3. The van der Waals surface area contributed by atoms with E-state index < -0.39 is 0 Å². The van der Waals surface area contributed by atoms with E-state index in [9.17, 15) is 0 Å². The molecule has 0 bridgehead atoms. The Hall–Kier alpha value is -0.780. The van der Waals surface area contributed by atoms with Crippen molar-refractivity contribution in [1.29, 1.82) is 0 Å². The summed E-state index contributed by atoms with van der Waals surface area (Å²) in [5.41, 5.74) is 4.59. The maximum Gasteiger partial charge on any atom is -0.0162 e. The van der Waals surface area contributed by atoms with E-state index in [1.54, 1.807) is 5.56 Å². The zero-order valence-electron chi connectivity index (χ0n) is 12.5. The van der Waals surface area contributed by atoms with E-state index >= 15 is 0 Å². The standard InChI is InChI=1S/C18H28/c1-5-15-6-8-16(9-7-15)17-10-11-18(13(2)3)14(4)12-17/h10-13,15-16H,5-9H2,1-4H3. The smallest absolute Gasteiger partial charge is 0.0162 e. The van der Waals surface area contributed by atoms with Crippen LogP contribution in [0, 0.1) is 12.8 Å². The first-order valence-corrected chi connectivity index (χ1v) is 7.72. The van der Waals surface area contributed by atoms with Crippen LogP contribution in [0.15, 0.2) is 18.2 Å². The second-order valence-corrected chi connectivity index (χ2v) is 6.40. The lowest BCUT2D eigenvalue weighted by Crippen LogP contribution is -2.12. The molecule has 1 saturated carbocycles. The average molecular weight is 244 g/mol. The van der Waals surface area contributed by atoms with Crippen molar-refractivity contribution in [2.24, 2.45) is 5.92 Å². The summed E-state index contributed by atoms with van der Waals surface area (Å²) in [6.45, 7) is 9.19. The zero-order valence-corrected chi connectivity index (χ0v) is 12.5. The highest BCUT2D eigenvalue weighted by Crippen LogP contribution is 2.37. The molecule has 2 rings (SSSR count). The second kappa shape index (κ2) is 5.91. The number of hydrogen-bond acceptors (Lipinski definition) is 0. The van der Waals surface area contributed by atoms with Gasteiger partial charge in [0, 0.05) is 0 Å². The van der Waals surface area contributed by atoms with E-state index in [4.69, 9.17) is 0 Å². The van der Waals surface area contributed by atoms with Crippen molar-refractivity contribution in [3.8, 4) is 0 Å². The molecule has 100 valence electrons. The monoisotopic (exact) mass is 244 g/mol. The normalized spacial score (nSPS) is 24.5. The summed E-state index contributed by atoms with van der Waals surface area (Å²) in [6, 6.07) is 7.20. The van der Waals surface area contributed by atoms with Crippen LogP contribution in [0.2, 0.25) is 0 Å². The Labute approximate surface area is 113 Å². The Kier molecular flexibility index (Phi) is 4.48. The molecule has 1 aliphatic rings. The summed E-state index contributed by atoms with van der Waals surface area (Å²) in [5.74, 6) is 2.47. The fraction of sp³-hybridized carbons (Fsp3) is 0.667. The molecule has 0 radical (unpaired) electrons. The fourth-order valence-corrected chi connectivity index (χ4v) is 3.50. The minimum Gasteiger partial charge on any atom is -0.0651 e. The van der Waals surface area contributed by atoms with Crippen LogP contribution >= 0.6 is 0 Å². The summed E-state index contributed by atoms with van der Waals surface area (Å²) in [5, 5.41) is 0. The van der Waals surface area contributed by atoms with Gasteiger partial charge in [0.1, 0.15) is 0 Å². The topological polar surface area (TPSA) is 0 Å². The van der Waals surface area contributed by atoms with Gasteiger partial charge >= 0.3 is 0 Å². The molecule has 0 heterocycles. The molecule has 18 heavy (non-hydrogen) atoms. The lowest BCUT2D eigenvalue weighted by Gasteiger charge is -2.28. The summed E-state index contributed by atoms with van der Waals surface area (Å²) in [7, 11) is 0. The number of hydrogen-bond donors (Lipinski definition) is 0. The van der Waals surface area contributed by atoms with Crippen molar-refractivity contribution in [3.05, 3.63) is 34.9 Å². The summed E-state index contributed by atoms with van der Waals surface area (Å²) in [6.07, 6.45) is 7.05. The SMILES string of the molecule is CCC1CCC(c2ccc(C(C)C)c(C)c2)CC1. The molecule has 1 aromatic rings. The van der Waals surface area contributed by atoms with Crippen LogP contribution in [-0.4, -0.2) is 0 Å². The van der Waals surface area contributed by atoms with Gasteiger partial charge in [0.15, 0.2) is 0 Å². The van der Waals surface area contributed by atoms with E-state index in [1.807, 2.05) is 0 Å². The van der Waals surface area contributed by atoms with E-state index in [2.05, 4.69) is 45.9 Å². The number of rotatable bonds is 3. The van der Waals surface area contributed by atoms with Crippen molar-refractivity contribution in [2.45, 2.75) is 71.6 Å². The van der Waals surface area contributed by atoms with Gasteiger partial charge in [-0.3, -0.25) is 0 Å². The summed E-state index contributed by atoms with van der Waals surface area (Å²) < 4.78 is 0. The predicted octanol–water partition coefficient (Wildman–Crippen LogP) is 5.80. The van der Waals surface area contributed by atoms with Crippen LogP contribution in [0.25, 0.3) is 0 Å². The van der Waals surface area contributed by atoms with Crippen LogP contribution in [0.5, 0.6) is 0 Å². The molecular weight excluding hydrogens is 216 g/mol. The van der Waals surface area contributed by atoms with Crippen LogP contribution in [0.3, 0.4) is 0 Å². The Balaban J connectivity index is 2.08. The molecule has 0 aliphatic heterocycles. The molecule has 0 aromatic heterocycles. The molecule has 0 atom stereocenters. The van der Waals surface area contributed by atoms with Gasteiger partial charge in [0.2, 0.25) is 0 Å². The maximum atomic E-state index is 2.45. The van der Waals surface area contributed by atoms with Gasteiger partial charge in [0.05, 0.1) is 0 Å². The average Bonchev–Trinajstić information content (AvgIpc) is 2.38. The lowest BCUT2D eigenvalue weighted by molar-refractivity contribution is 0.318. The maximum absolute atomic E-state index is 2.45. The minimum absolute atomic E-state index is 0.648. The third-order valence-electron chi connectivity index (χ3n) is 4.81. The van der Waals surface area contributed by atoms with Crippen LogP contribution < -0.4 is 0 Å². The van der Waals surface area contributed by atoms with Gasteiger partial charge in [-0.2, -0.15) is 0 Å². The molecule has 0 unspecified atom stereocenters. The largest absolute Gasteiger partial charge is 0.0651 e. The third-order valence-corrected chi connectivity index (χ3v) is 4.81. The highest BCUT2D eigenvalue weighted by Gasteiger charge is 2.21. The van der Waals surface area contributed by atoms with E-state index in [0.29, 0.717) is 5.92 Å². The van der Waals surface area contributed by atoms with Gasteiger partial charge in [-0.15, -0.1) is 0 Å². The molecular formula is C18H28. The fourth-order valence-electron chi connectivity index (χ4n) is 3.50. The molecule has 0 heteroatoms. The number of benzene rings is 1. The first kappa shape index (κ1) is 13.6. The van der Waals surface area contributed by atoms with E-state index in [-0.39, 0.29) is 0 Å². The third kappa shape index (κ3) is 2.96. The van der Waals surface area contributed by atoms with Crippen molar-refractivity contribution in [3.63, 3.8) is 0 Å². The molecule has 1 fully saturated rings. The molecule has 0 spiro atoms. The molecule has 1 aromatic carbocycles. The van der Waals surface area contributed by atoms with Crippen LogP contribution in [0.4, 0.5) is 0 Å². The molecule has 0 saturated heterocycles. The van der Waals surface area contributed by atoms with E-state index in [1.165, 1.54) is 43.2 Å². The zero-order chi connectivity index (χ0) is 13.1. The minimum atomic E-state index is 0.648. The Morgan fingerprint density at radius 1 is 1.11 bits per heavy atom. The van der Waals surface area contributed by atoms with Gasteiger partial charge < -0.3 is 0 Å². The number of aryl methyl sites for hydroxylation is 1. The van der Waals surface area contributed by atoms with Crippen LogP contribution in [0.1, 0.15) is 81.4 Å². The predicted molar refractivity (Wildman–Crippen MR) is 80.3 cm³/mol. The van der Waals surface area contributed by atoms with Crippen molar-refractivity contribution >= 4 is 0 Å². The lowest BCUT2D eigenvalue weighted by atomic mass is 9.77. The van der Waals surface area contributed by atoms with Crippen LogP contribution in [-0.2, 0) is 0 Å². The summed E-state index contributed by atoms with van der Waals surface area (Å²) >= 11 is 0. The molecule has 0 nitrogen and oxygen atoms in total. The van der Waals surface area contributed by atoms with E-state index in [0.717, 1.165) is 11.8 Å². The molecule has 0 N–H and O–H groups in total. The Morgan fingerprint density at radius 2 is 1.78 bits per heavy atom. The Morgan fingerprint density at radius 3 is 2.28 bits per heavy atom. The van der Waals surface area contributed by atoms with Crippen molar-refractivity contribution < 1.29 is 0 Å². The van der Waals surface area contributed by atoms with Crippen molar-refractivity contribution in [1.82, 2.24) is 0 Å². The first-order chi connectivity index (χ1) is 8.61. The van der Waals surface area contributed by atoms with Gasteiger partial charge in [0.25, 0.3) is 0 Å².